The fourth-order valence-electron chi connectivity index (χ4n) is 1.57. The Balaban J connectivity index is 2.46. The predicted molar refractivity (Wildman–Crippen MR) is 65.0 cm³/mol. The largest absolute Gasteiger partial charge is 0.429 e. The van der Waals surface area contributed by atoms with E-state index in [9.17, 15) is 0 Å². The number of oxazole rings is 1. The summed E-state index contributed by atoms with van der Waals surface area (Å²) in [5.74, 6) is 0. The average molecular weight is 242 g/mol. The van der Waals surface area contributed by atoms with Crippen molar-refractivity contribution in [2.75, 3.05) is 0 Å². The summed E-state index contributed by atoms with van der Waals surface area (Å²) in [7, 11) is 0. The molecular weight excluding hydrogens is 230 g/mol. The van der Waals surface area contributed by atoms with Gasteiger partial charge in [0.25, 0.3) is 4.84 Å². The third kappa shape index (κ3) is 2.24. The molecule has 0 bridgehead atoms. The topological polar surface area (TPSA) is 28.9 Å². The van der Waals surface area contributed by atoms with Gasteiger partial charge in [0.05, 0.1) is 5.52 Å². The van der Waals surface area contributed by atoms with Crippen LogP contribution in [0.2, 0.25) is 5.02 Å². The lowest BCUT2D eigenvalue weighted by atomic mass is 10.1. The maximum Gasteiger partial charge on any atom is 0.266 e. The number of aryl methyl sites for hydroxylation is 1. The molecule has 2 nitrogen and oxygen atoms in total. The minimum absolute atomic E-state index is 0.397. The minimum atomic E-state index is 0.397. The van der Waals surface area contributed by atoms with Gasteiger partial charge in [0.15, 0.2) is 5.58 Å². The van der Waals surface area contributed by atoms with Gasteiger partial charge in [0, 0.05) is 5.02 Å². The smallest absolute Gasteiger partial charge is 0.266 e. The molecule has 0 aliphatic rings. The summed E-state index contributed by atoms with van der Waals surface area (Å²) < 4.78 is 5.34. The second kappa shape index (κ2) is 4.37. The molecule has 0 saturated heterocycles. The SMILES string of the molecule is CCCCc1cc2oc(=S)[nH]c2cc1Cl. The van der Waals surface area contributed by atoms with Gasteiger partial charge in [-0.2, -0.15) is 0 Å². The zero-order valence-corrected chi connectivity index (χ0v) is 10.0. The standard InChI is InChI=1S/C11H12ClNOS/c1-2-3-4-7-5-10-9(6-8(7)12)13-11(15)14-10/h5-6H,2-4H2,1H3,(H,13,15). The van der Waals surface area contributed by atoms with Crippen molar-refractivity contribution in [3.8, 4) is 0 Å². The quantitative estimate of drug-likeness (QED) is 0.803. The molecular formula is C11H12ClNOS. The van der Waals surface area contributed by atoms with Gasteiger partial charge >= 0.3 is 0 Å². The predicted octanol–water partition coefficient (Wildman–Crippen LogP) is 4.49. The average Bonchev–Trinajstić information content (AvgIpc) is 2.53. The summed E-state index contributed by atoms with van der Waals surface area (Å²) >= 11 is 11.1. The van der Waals surface area contributed by atoms with Crippen molar-refractivity contribution in [1.82, 2.24) is 4.98 Å². The number of rotatable bonds is 3. The maximum atomic E-state index is 6.15. The number of aromatic nitrogens is 1. The van der Waals surface area contributed by atoms with Gasteiger partial charge in [-0.25, -0.2) is 0 Å². The van der Waals surface area contributed by atoms with Crippen LogP contribution in [0.3, 0.4) is 0 Å². The number of H-pyrrole nitrogens is 1. The molecule has 0 aliphatic heterocycles. The van der Waals surface area contributed by atoms with E-state index >= 15 is 0 Å². The molecule has 2 rings (SSSR count). The highest BCUT2D eigenvalue weighted by atomic mass is 35.5. The molecule has 0 radical (unpaired) electrons. The van der Waals surface area contributed by atoms with E-state index in [0.29, 0.717) is 4.84 Å². The number of halogens is 1. The van der Waals surface area contributed by atoms with Crippen LogP contribution in [-0.4, -0.2) is 4.98 Å². The van der Waals surface area contributed by atoms with Crippen LogP contribution in [0.25, 0.3) is 11.1 Å². The normalized spacial score (nSPS) is 11.1. The summed E-state index contributed by atoms with van der Waals surface area (Å²) in [5, 5.41) is 0.781. The van der Waals surface area contributed by atoms with E-state index in [2.05, 4.69) is 11.9 Å². The van der Waals surface area contributed by atoms with Crippen LogP contribution < -0.4 is 0 Å². The molecule has 1 aromatic carbocycles. The van der Waals surface area contributed by atoms with E-state index in [-0.39, 0.29) is 0 Å². The van der Waals surface area contributed by atoms with E-state index in [1.807, 2.05) is 12.1 Å². The lowest BCUT2D eigenvalue weighted by molar-refractivity contribution is 0.583. The van der Waals surface area contributed by atoms with E-state index in [4.69, 9.17) is 28.2 Å². The Morgan fingerprint density at radius 2 is 2.27 bits per heavy atom. The second-order valence-electron chi connectivity index (χ2n) is 3.56. The molecule has 4 heteroatoms. The zero-order chi connectivity index (χ0) is 10.8. The molecule has 2 aromatic rings. The van der Waals surface area contributed by atoms with E-state index in [1.54, 1.807) is 0 Å². The summed E-state index contributed by atoms with van der Waals surface area (Å²) in [6.45, 7) is 2.16. The van der Waals surface area contributed by atoms with Crippen LogP contribution in [0, 0.1) is 4.84 Å². The summed E-state index contributed by atoms with van der Waals surface area (Å²) in [6.07, 6.45) is 3.28. The van der Waals surface area contributed by atoms with Crippen molar-refractivity contribution in [3.05, 3.63) is 27.6 Å². The third-order valence-corrected chi connectivity index (χ3v) is 2.92. The lowest BCUT2D eigenvalue weighted by Crippen LogP contribution is -1.86. The minimum Gasteiger partial charge on any atom is -0.429 e. The summed E-state index contributed by atoms with van der Waals surface area (Å²) in [6, 6.07) is 3.85. The zero-order valence-electron chi connectivity index (χ0n) is 8.47. The van der Waals surface area contributed by atoms with Gasteiger partial charge in [-0.3, -0.25) is 0 Å². The third-order valence-electron chi connectivity index (χ3n) is 2.39. The number of aromatic amines is 1. The van der Waals surface area contributed by atoms with E-state index < -0.39 is 0 Å². The van der Waals surface area contributed by atoms with Crippen molar-refractivity contribution in [2.24, 2.45) is 0 Å². The molecule has 0 amide bonds. The van der Waals surface area contributed by atoms with Gasteiger partial charge in [-0.05, 0) is 42.8 Å². The molecule has 0 atom stereocenters. The van der Waals surface area contributed by atoms with Crippen LogP contribution in [0.5, 0.6) is 0 Å². The summed E-state index contributed by atoms with van der Waals surface area (Å²) in [5.41, 5.74) is 2.78. The second-order valence-corrected chi connectivity index (χ2v) is 4.34. The summed E-state index contributed by atoms with van der Waals surface area (Å²) in [4.78, 5) is 3.34. The van der Waals surface area contributed by atoms with Crippen molar-refractivity contribution >= 4 is 34.9 Å². The Morgan fingerprint density at radius 3 is 3.00 bits per heavy atom. The number of hydrogen-bond acceptors (Lipinski definition) is 2. The number of nitrogens with one attached hydrogen (secondary N) is 1. The number of benzene rings is 1. The van der Waals surface area contributed by atoms with E-state index in [1.165, 1.54) is 0 Å². The van der Waals surface area contributed by atoms with Crippen molar-refractivity contribution in [3.63, 3.8) is 0 Å². The van der Waals surface area contributed by atoms with Crippen LogP contribution in [0.15, 0.2) is 16.5 Å². The molecule has 1 aromatic heterocycles. The first-order valence-corrected chi connectivity index (χ1v) is 5.80. The number of fused-ring (bicyclic) bond motifs is 1. The Morgan fingerprint density at radius 1 is 1.47 bits per heavy atom. The molecule has 1 heterocycles. The van der Waals surface area contributed by atoms with Crippen molar-refractivity contribution in [1.29, 1.82) is 0 Å². The molecule has 15 heavy (non-hydrogen) atoms. The first-order chi connectivity index (χ1) is 7.20. The maximum absolute atomic E-state index is 6.15. The Kier molecular flexibility index (Phi) is 3.12. The number of hydrogen-bond donors (Lipinski definition) is 1. The Bertz CT molecular complexity index is 529. The van der Waals surface area contributed by atoms with Gasteiger partial charge in [-0.1, -0.05) is 24.9 Å². The lowest BCUT2D eigenvalue weighted by Gasteiger charge is -2.02. The molecule has 0 unspecified atom stereocenters. The Labute approximate surface area is 98.2 Å². The first-order valence-electron chi connectivity index (χ1n) is 5.02. The molecule has 0 spiro atoms. The highest BCUT2D eigenvalue weighted by Gasteiger charge is 2.05. The first kappa shape index (κ1) is 10.7. The number of unbranched alkanes of at least 4 members (excludes halogenated alkanes) is 1. The van der Waals surface area contributed by atoms with Gasteiger partial charge < -0.3 is 9.40 Å². The fourth-order valence-corrected chi connectivity index (χ4v) is 2.03. The van der Waals surface area contributed by atoms with Crippen LogP contribution >= 0.6 is 23.8 Å². The van der Waals surface area contributed by atoms with E-state index in [0.717, 1.165) is 40.9 Å². The highest BCUT2D eigenvalue weighted by Crippen LogP contribution is 2.25. The van der Waals surface area contributed by atoms with Gasteiger partial charge in [0.2, 0.25) is 0 Å². The molecule has 1 N–H and O–H groups in total. The Hall–Kier alpha value is -0.800. The van der Waals surface area contributed by atoms with Crippen LogP contribution in [0.4, 0.5) is 0 Å². The molecule has 0 aliphatic carbocycles. The van der Waals surface area contributed by atoms with Gasteiger partial charge in [0.1, 0.15) is 0 Å². The van der Waals surface area contributed by atoms with Crippen LogP contribution in [0.1, 0.15) is 25.3 Å². The van der Waals surface area contributed by atoms with Crippen molar-refractivity contribution < 1.29 is 4.42 Å². The van der Waals surface area contributed by atoms with Gasteiger partial charge in [-0.15, -0.1) is 0 Å². The fraction of sp³-hybridized carbons (Fsp3) is 0.364. The highest BCUT2D eigenvalue weighted by molar-refractivity contribution is 7.71. The van der Waals surface area contributed by atoms with Crippen LogP contribution in [-0.2, 0) is 6.42 Å². The molecule has 80 valence electrons. The molecule has 0 saturated carbocycles. The van der Waals surface area contributed by atoms with Crippen molar-refractivity contribution in [2.45, 2.75) is 26.2 Å². The molecule has 0 fully saturated rings. The monoisotopic (exact) mass is 241 g/mol.